The molecule has 0 fully saturated rings. The van der Waals surface area contributed by atoms with Crippen LogP contribution in [0.25, 0.3) is 0 Å². The van der Waals surface area contributed by atoms with Crippen molar-refractivity contribution in [1.29, 1.82) is 0 Å². The van der Waals surface area contributed by atoms with Crippen LogP contribution in [-0.4, -0.2) is 25.8 Å². The Labute approximate surface area is 55.0 Å². The first kappa shape index (κ1) is 8.43. The minimum atomic E-state index is -0.440. The molecule has 0 radical (unpaired) electrons. The largest absolute Gasteiger partial charge is 0.464 e. The topological polar surface area (TPSA) is 35.5 Å². The first-order chi connectivity index (χ1) is 4.22. The summed E-state index contributed by atoms with van der Waals surface area (Å²) in [6, 6.07) is 0. The summed E-state index contributed by atoms with van der Waals surface area (Å²) in [5, 5.41) is 0. The smallest absolute Gasteiger partial charge is 0.334 e. The van der Waals surface area contributed by atoms with Crippen molar-refractivity contribution in [3.8, 4) is 0 Å². The Morgan fingerprint density at radius 2 is 2.22 bits per heavy atom. The van der Waals surface area contributed by atoms with Crippen LogP contribution in [0.3, 0.4) is 0 Å². The molecule has 0 aliphatic rings. The van der Waals surface area contributed by atoms with Gasteiger partial charge in [0.1, 0.15) is 0 Å². The molecule has 0 saturated heterocycles. The minimum absolute atomic E-state index is 0.306. The molecular formula is C6H12O3. The number of carbonyl (C=O) groups is 1. The molecular weight excluding hydrogens is 120 g/mol. The number of hydrogen-bond donors (Lipinski definition) is 0. The van der Waals surface area contributed by atoms with Crippen molar-refractivity contribution in [2.24, 2.45) is 0 Å². The fourth-order valence-corrected chi connectivity index (χ4v) is 0.356. The van der Waals surface area contributed by atoms with Crippen molar-refractivity contribution in [3.63, 3.8) is 0 Å². The Hall–Kier alpha value is -0.570. The predicted octanol–water partition coefficient (Wildman–Crippen LogP) is 0.584. The van der Waals surface area contributed by atoms with E-state index in [0.29, 0.717) is 6.61 Å². The Kier molecular flexibility index (Phi) is 4.05. The molecule has 0 bridgehead atoms. The van der Waals surface area contributed by atoms with Gasteiger partial charge in [0.25, 0.3) is 0 Å². The average Bonchev–Trinajstić information content (AvgIpc) is 1.87. The molecule has 0 heterocycles. The van der Waals surface area contributed by atoms with E-state index in [2.05, 4.69) is 9.47 Å². The Bertz CT molecular complexity index is 90.3. The second-order valence-electron chi connectivity index (χ2n) is 1.63. The highest BCUT2D eigenvalue weighted by molar-refractivity contribution is 5.74. The lowest BCUT2D eigenvalue weighted by molar-refractivity contribution is -0.153. The van der Waals surface area contributed by atoms with Gasteiger partial charge in [-0.1, -0.05) is 0 Å². The second kappa shape index (κ2) is 4.32. The summed E-state index contributed by atoms with van der Waals surface area (Å²) in [4.78, 5) is 10.6. The molecule has 0 rings (SSSR count). The van der Waals surface area contributed by atoms with Crippen LogP contribution in [0.1, 0.15) is 13.8 Å². The van der Waals surface area contributed by atoms with Crippen LogP contribution < -0.4 is 0 Å². The molecule has 0 amide bonds. The maximum atomic E-state index is 10.6. The lowest BCUT2D eigenvalue weighted by Crippen LogP contribution is -2.21. The zero-order valence-electron chi connectivity index (χ0n) is 6.01. The van der Waals surface area contributed by atoms with E-state index < -0.39 is 6.10 Å². The molecule has 0 unspecified atom stereocenters. The zero-order chi connectivity index (χ0) is 7.28. The highest BCUT2D eigenvalue weighted by atomic mass is 16.6. The molecule has 3 nitrogen and oxygen atoms in total. The van der Waals surface area contributed by atoms with Gasteiger partial charge in [-0.05, 0) is 13.8 Å². The minimum Gasteiger partial charge on any atom is -0.464 e. The van der Waals surface area contributed by atoms with E-state index in [0.717, 1.165) is 0 Å². The zero-order valence-corrected chi connectivity index (χ0v) is 6.01. The van der Waals surface area contributed by atoms with E-state index in [1.54, 1.807) is 13.8 Å². The van der Waals surface area contributed by atoms with Crippen molar-refractivity contribution in [3.05, 3.63) is 0 Å². The van der Waals surface area contributed by atoms with Gasteiger partial charge in [0.15, 0.2) is 6.10 Å². The lowest BCUT2D eigenvalue weighted by atomic mass is 10.4. The van der Waals surface area contributed by atoms with Gasteiger partial charge in [-0.3, -0.25) is 0 Å². The highest BCUT2D eigenvalue weighted by Gasteiger charge is 2.10. The predicted molar refractivity (Wildman–Crippen MR) is 33.1 cm³/mol. The number of ether oxygens (including phenoxy) is 2. The number of methoxy groups -OCH3 is 1. The Morgan fingerprint density at radius 3 is 2.56 bits per heavy atom. The molecule has 1 atom stereocenters. The molecule has 0 aromatic carbocycles. The number of esters is 1. The molecule has 0 spiro atoms. The standard InChI is InChI=1S/C6H12O3/c1-4-9-6(7)5(2)8-3/h5H,4H2,1-3H3/t5-/m1/s1. The molecule has 0 aliphatic heterocycles. The maximum absolute atomic E-state index is 10.6. The summed E-state index contributed by atoms with van der Waals surface area (Å²) in [6.45, 7) is 3.82. The van der Waals surface area contributed by atoms with Crippen LogP contribution in [0.4, 0.5) is 0 Å². The first-order valence-corrected chi connectivity index (χ1v) is 2.91. The van der Waals surface area contributed by atoms with E-state index in [-0.39, 0.29) is 5.97 Å². The summed E-state index contributed by atoms with van der Waals surface area (Å²) >= 11 is 0. The monoisotopic (exact) mass is 132 g/mol. The van der Waals surface area contributed by atoms with Gasteiger partial charge >= 0.3 is 5.97 Å². The molecule has 0 saturated carbocycles. The van der Waals surface area contributed by atoms with Gasteiger partial charge in [-0.15, -0.1) is 0 Å². The molecule has 0 aromatic rings. The van der Waals surface area contributed by atoms with Gasteiger partial charge in [0.05, 0.1) is 6.61 Å². The fraction of sp³-hybridized carbons (Fsp3) is 0.833. The van der Waals surface area contributed by atoms with E-state index in [1.807, 2.05) is 0 Å². The second-order valence-corrected chi connectivity index (χ2v) is 1.63. The third kappa shape index (κ3) is 3.08. The third-order valence-electron chi connectivity index (χ3n) is 0.972. The SMILES string of the molecule is CCOC(=O)[C@@H](C)OC. The van der Waals surface area contributed by atoms with Crippen LogP contribution >= 0.6 is 0 Å². The fourth-order valence-electron chi connectivity index (χ4n) is 0.356. The average molecular weight is 132 g/mol. The van der Waals surface area contributed by atoms with Crippen molar-refractivity contribution in [1.82, 2.24) is 0 Å². The third-order valence-corrected chi connectivity index (χ3v) is 0.972. The first-order valence-electron chi connectivity index (χ1n) is 2.91. The maximum Gasteiger partial charge on any atom is 0.334 e. The molecule has 0 aromatic heterocycles. The Balaban J connectivity index is 3.46. The van der Waals surface area contributed by atoms with Crippen LogP contribution in [0.15, 0.2) is 0 Å². The summed E-state index contributed by atoms with van der Waals surface area (Å²) in [6.07, 6.45) is -0.440. The van der Waals surface area contributed by atoms with E-state index in [4.69, 9.17) is 0 Å². The summed E-state index contributed by atoms with van der Waals surface area (Å²) in [5.41, 5.74) is 0. The molecule has 54 valence electrons. The van der Waals surface area contributed by atoms with Crippen LogP contribution in [0.2, 0.25) is 0 Å². The van der Waals surface area contributed by atoms with E-state index in [1.165, 1.54) is 7.11 Å². The summed E-state index contributed by atoms with van der Waals surface area (Å²) < 4.78 is 9.32. The normalized spacial score (nSPS) is 12.8. The van der Waals surface area contributed by atoms with Gasteiger partial charge in [-0.2, -0.15) is 0 Å². The molecule has 0 N–H and O–H groups in total. The lowest BCUT2D eigenvalue weighted by Gasteiger charge is -2.06. The highest BCUT2D eigenvalue weighted by Crippen LogP contribution is 1.90. The van der Waals surface area contributed by atoms with Gasteiger partial charge in [0.2, 0.25) is 0 Å². The summed E-state index contributed by atoms with van der Waals surface area (Å²) in [7, 11) is 1.47. The van der Waals surface area contributed by atoms with Crippen LogP contribution in [-0.2, 0) is 14.3 Å². The van der Waals surface area contributed by atoms with Crippen LogP contribution in [0.5, 0.6) is 0 Å². The van der Waals surface area contributed by atoms with Crippen molar-refractivity contribution in [2.45, 2.75) is 20.0 Å². The van der Waals surface area contributed by atoms with Crippen molar-refractivity contribution >= 4 is 5.97 Å². The van der Waals surface area contributed by atoms with Crippen molar-refractivity contribution < 1.29 is 14.3 Å². The quantitative estimate of drug-likeness (QED) is 0.527. The van der Waals surface area contributed by atoms with E-state index >= 15 is 0 Å². The van der Waals surface area contributed by atoms with Crippen LogP contribution in [0, 0.1) is 0 Å². The number of carbonyl (C=O) groups excluding carboxylic acids is 1. The number of rotatable bonds is 3. The Morgan fingerprint density at radius 1 is 1.67 bits per heavy atom. The summed E-state index contributed by atoms with van der Waals surface area (Å²) in [5.74, 6) is -0.306. The molecule has 0 aliphatic carbocycles. The van der Waals surface area contributed by atoms with Gasteiger partial charge in [-0.25, -0.2) is 4.79 Å². The van der Waals surface area contributed by atoms with E-state index in [9.17, 15) is 4.79 Å². The van der Waals surface area contributed by atoms with Gasteiger partial charge in [0, 0.05) is 7.11 Å². The molecule has 3 heteroatoms. The van der Waals surface area contributed by atoms with Crippen molar-refractivity contribution in [2.75, 3.05) is 13.7 Å². The molecule has 9 heavy (non-hydrogen) atoms. The number of hydrogen-bond acceptors (Lipinski definition) is 3. The van der Waals surface area contributed by atoms with Gasteiger partial charge < -0.3 is 9.47 Å².